The third-order valence-corrected chi connectivity index (χ3v) is 4.01. The highest BCUT2D eigenvalue weighted by atomic mass is 16.4. The second-order valence-corrected chi connectivity index (χ2v) is 6.02. The van der Waals surface area contributed by atoms with Gasteiger partial charge in [-0.2, -0.15) is 0 Å². The number of nitrogens with zero attached hydrogens (tertiary/aromatic N) is 1. The van der Waals surface area contributed by atoms with E-state index in [0.717, 1.165) is 11.9 Å². The summed E-state index contributed by atoms with van der Waals surface area (Å²) in [5.41, 5.74) is 3.56. The molecule has 124 valence electrons. The van der Waals surface area contributed by atoms with Crippen LogP contribution in [0.25, 0.3) is 11.1 Å². The molecule has 0 atom stereocenters. The smallest absolute Gasteiger partial charge is 0.408 e. The number of carbonyl (C=O) groups is 1. The van der Waals surface area contributed by atoms with Crippen molar-refractivity contribution in [3.05, 3.63) is 64.1 Å². The van der Waals surface area contributed by atoms with Gasteiger partial charge in [0.1, 0.15) is 0 Å². The Kier molecular flexibility index (Phi) is 4.25. The Hall–Kier alpha value is -2.82. The maximum Gasteiger partial charge on any atom is 0.420 e. The van der Waals surface area contributed by atoms with Crippen LogP contribution in [0, 0.1) is 0 Å². The molecule has 5 heteroatoms. The zero-order chi connectivity index (χ0) is 17.3. The molecule has 24 heavy (non-hydrogen) atoms. The van der Waals surface area contributed by atoms with Crippen LogP contribution < -0.4 is 11.1 Å². The van der Waals surface area contributed by atoms with Gasteiger partial charge in [-0.25, -0.2) is 4.79 Å². The van der Waals surface area contributed by atoms with Crippen LogP contribution in [0.4, 0.5) is 5.69 Å². The van der Waals surface area contributed by atoms with E-state index in [1.54, 1.807) is 22.8 Å². The Morgan fingerprint density at radius 3 is 2.50 bits per heavy atom. The third kappa shape index (κ3) is 2.97. The molecule has 0 radical (unpaired) electrons. The number of oxazole rings is 1. The largest absolute Gasteiger partial charge is 0.420 e. The lowest BCUT2D eigenvalue weighted by Gasteiger charge is -2.07. The van der Waals surface area contributed by atoms with Crippen LogP contribution in [-0.4, -0.2) is 10.5 Å². The third-order valence-electron chi connectivity index (χ3n) is 4.01. The van der Waals surface area contributed by atoms with E-state index in [9.17, 15) is 9.59 Å². The standard InChI is InChI=1S/C19H20N2O3/c1-4-13-5-7-14(8-6-13)18(22)20-15-9-10-16-17(11-15)24-19(23)21(16)12(2)3/h5-12H,4H2,1-3H3,(H,20,22). The summed E-state index contributed by atoms with van der Waals surface area (Å²) in [6, 6.07) is 12.7. The van der Waals surface area contributed by atoms with Crippen molar-refractivity contribution in [2.24, 2.45) is 0 Å². The van der Waals surface area contributed by atoms with Crippen molar-refractivity contribution < 1.29 is 9.21 Å². The number of aryl methyl sites for hydroxylation is 1. The minimum Gasteiger partial charge on any atom is -0.408 e. The van der Waals surface area contributed by atoms with Gasteiger partial charge in [0.2, 0.25) is 0 Å². The molecule has 0 saturated heterocycles. The molecular formula is C19H20N2O3. The van der Waals surface area contributed by atoms with E-state index < -0.39 is 5.76 Å². The number of rotatable bonds is 4. The van der Waals surface area contributed by atoms with E-state index >= 15 is 0 Å². The van der Waals surface area contributed by atoms with Gasteiger partial charge in [0.25, 0.3) is 5.91 Å². The fourth-order valence-corrected chi connectivity index (χ4v) is 2.70. The summed E-state index contributed by atoms with van der Waals surface area (Å²) < 4.78 is 6.86. The lowest BCUT2D eigenvalue weighted by Crippen LogP contribution is -2.15. The number of aromatic nitrogens is 1. The number of hydrogen-bond donors (Lipinski definition) is 1. The van der Waals surface area contributed by atoms with Gasteiger partial charge in [-0.15, -0.1) is 0 Å². The quantitative estimate of drug-likeness (QED) is 0.789. The van der Waals surface area contributed by atoms with Crippen molar-refractivity contribution in [1.29, 1.82) is 0 Å². The van der Waals surface area contributed by atoms with Crippen molar-refractivity contribution >= 4 is 22.7 Å². The molecule has 0 saturated carbocycles. The first-order chi connectivity index (χ1) is 11.5. The number of amides is 1. The summed E-state index contributed by atoms with van der Waals surface area (Å²) in [5.74, 6) is -0.582. The predicted molar refractivity (Wildman–Crippen MR) is 94.6 cm³/mol. The van der Waals surface area contributed by atoms with Gasteiger partial charge in [-0.1, -0.05) is 19.1 Å². The van der Waals surface area contributed by atoms with Crippen LogP contribution in [0.1, 0.15) is 42.7 Å². The molecule has 3 aromatic rings. The average Bonchev–Trinajstić information content (AvgIpc) is 2.90. The lowest BCUT2D eigenvalue weighted by atomic mass is 10.1. The van der Waals surface area contributed by atoms with Crippen LogP contribution in [-0.2, 0) is 6.42 Å². The van der Waals surface area contributed by atoms with Crippen LogP contribution in [0.15, 0.2) is 51.7 Å². The summed E-state index contributed by atoms with van der Waals surface area (Å²) in [5, 5.41) is 2.84. The Balaban J connectivity index is 1.87. The maximum absolute atomic E-state index is 12.3. The van der Waals surface area contributed by atoms with Gasteiger partial charge in [0.15, 0.2) is 5.58 Å². The highest BCUT2D eigenvalue weighted by molar-refractivity contribution is 6.04. The van der Waals surface area contributed by atoms with Crippen molar-refractivity contribution in [3.8, 4) is 0 Å². The van der Waals surface area contributed by atoms with E-state index in [0.29, 0.717) is 16.8 Å². The first kappa shape index (κ1) is 16.1. The lowest BCUT2D eigenvalue weighted by molar-refractivity contribution is 0.102. The molecule has 1 N–H and O–H groups in total. The van der Waals surface area contributed by atoms with E-state index in [1.807, 2.05) is 38.1 Å². The van der Waals surface area contributed by atoms with Crippen molar-refractivity contribution in [2.45, 2.75) is 33.2 Å². The molecule has 0 unspecified atom stereocenters. The van der Waals surface area contributed by atoms with Gasteiger partial charge in [-0.05, 0) is 50.1 Å². The van der Waals surface area contributed by atoms with E-state index in [4.69, 9.17) is 4.42 Å². The minimum atomic E-state index is -0.390. The first-order valence-electron chi connectivity index (χ1n) is 8.05. The molecule has 0 spiro atoms. The fraction of sp³-hybridized carbons (Fsp3) is 0.263. The number of hydrogen-bond acceptors (Lipinski definition) is 3. The van der Waals surface area contributed by atoms with Crippen LogP contribution in [0.3, 0.4) is 0 Å². The first-order valence-corrected chi connectivity index (χ1v) is 8.05. The van der Waals surface area contributed by atoms with Gasteiger partial charge in [0, 0.05) is 23.4 Å². The van der Waals surface area contributed by atoms with Crippen LogP contribution in [0.5, 0.6) is 0 Å². The zero-order valence-corrected chi connectivity index (χ0v) is 14.0. The van der Waals surface area contributed by atoms with Gasteiger partial charge < -0.3 is 9.73 Å². The van der Waals surface area contributed by atoms with E-state index in [2.05, 4.69) is 12.2 Å². The SMILES string of the molecule is CCc1ccc(C(=O)Nc2ccc3c(c2)oc(=O)n3C(C)C)cc1. The Bertz CT molecular complexity index is 933. The number of nitrogens with one attached hydrogen (secondary N) is 1. The zero-order valence-electron chi connectivity index (χ0n) is 14.0. The molecule has 3 rings (SSSR count). The van der Waals surface area contributed by atoms with Crippen molar-refractivity contribution in [3.63, 3.8) is 0 Å². The molecule has 2 aromatic carbocycles. The molecule has 1 amide bonds. The van der Waals surface area contributed by atoms with Gasteiger partial charge >= 0.3 is 5.76 Å². The average molecular weight is 324 g/mol. The van der Waals surface area contributed by atoms with Crippen molar-refractivity contribution in [1.82, 2.24) is 4.57 Å². The Labute approximate surface area is 139 Å². The summed E-state index contributed by atoms with van der Waals surface area (Å²) in [7, 11) is 0. The van der Waals surface area contributed by atoms with Gasteiger partial charge in [0.05, 0.1) is 5.52 Å². The van der Waals surface area contributed by atoms with E-state index in [1.165, 1.54) is 5.56 Å². The number of carbonyl (C=O) groups excluding carboxylic acids is 1. The highest BCUT2D eigenvalue weighted by Gasteiger charge is 2.13. The predicted octanol–water partition coefficient (Wildman–Crippen LogP) is 3.99. The normalized spacial score (nSPS) is 11.2. The van der Waals surface area contributed by atoms with Gasteiger partial charge in [-0.3, -0.25) is 9.36 Å². The number of anilines is 1. The van der Waals surface area contributed by atoms with E-state index in [-0.39, 0.29) is 11.9 Å². The molecule has 0 aliphatic heterocycles. The summed E-state index contributed by atoms with van der Waals surface area (Å²) in [6.07, 6.45) is 0.935. The summed E-state index contributed by atoms with van der Waals surface area (Å²) in [6.45, 7) is 5.92. The monoisotopic (exact) mass is 324 g/mol. The summed E-state index contributed by atoms with van der Waals surface area (Å²) >= 11 is 0. The van der Waals surface area contributed by atoms with Crippen molar-refractivity contribution in [2.75, 3.05) is 5.32 Å². The number of benzene rings is 2. The molecule has 0 fully saturated rings. The highest BCUT2D eigenvalue weighted by Crippen LogP contribution is 2.21. The maximum atomic E-state index is 12.3. The molecule has 0 bridgehead atoms. The van der Waals surface area contributed by atoms with Crippen LogP contribution >= 0.6 is 0 Å². The summed E-state index contributed by atoms with van der Waals surface area (Å²) in [4.78, 5) is 24.2. The molecule has 1 heterocycles. The molecular weight excluding hydrogens is 304 g/mol. The van der Waals surface area contributed by atoms with Crippen LogP contribution in [0.2, 0.25) is 0 Å². The topological polar surface area (TPSA) is 64.2 Å². The molecule has 0 aliphatic carbocycles. The second kappa shape index (κ2) is 6.35. The minimum absolute atomic E-state index is 0.0104. The Morgan fingerprint density at radius 2 is 1.88 bits per heavy atom. The molecule has 5 nitrogen and oxygen atoms in total. The Morgan fingerprint density at radius 1 is 1.17 bits per heavy atom. The molecule has 0 aliphatic rings. The fourth-order valence-electron chi connectivity index (χ4n) is 2.70. The number of fused-ring (bicyclic) bond motifs is 1. The second-order valence-electron chi connectivity index (χ2n) is 6.02. The molecule has 1 aromatic heterocycles.